The highest BCUT2D eigenvalue weighted by atomic mass is 79.9. The molecule has 0 saturated heterocycles. The molecule has 0 unspecified atom stereocenters. The molecule has 1 aliphatic heterocycles. The zero-order valence-electron chi connectivity index (χ0n) is 7.63. The van der Waals surface area contributed by atoms with Gasteiger partial charge in [0.2, 0.25) is 0 Å². The largest absolute Gasteiger partial charge is 0.288 e. The van der Waals surface area contributed by atoms with Crippen LogP contribution in [-0.2, 0) is 6.42 Å². The highest BCUT2D eigenvalue weighted by Gasteiger charge is 2.28. The smallest absolute Gasteiger partial charge is 0.259 e. The van der Waals surface area contributed by atoms with Crippen molar-refractivity contribution in [2.45, 2.75) is 6.42 Å². The van der Waals surface area contributed by atoms with Gasteiger partial charge in [0, 0.05) is 22.4 Å². The summed E-state index contributed by atoms with van der Waals surface area (Å²) in [5.41, 5.74) is 1.68. The van der Waals surface area contributed by atoms with Crippen LogP contribution < -0.4 is 5.32 Å². The van der Waals surface area contributed by atoms with E-state index in [1.807, 2.05) is 0 Å². The molecule has 0 aromatic heterocycles. The summed E-state index contributed by atoms with van der Waals surface area (Å²) in [5, 5.41) is 2.26. The summed E-state index contributed by atoms with van der Waals surface area (Å²) in [7, 11) is 0. The summed E-state index contributed by atoms with van der Waals surface area (Å²) in [4.78, 5) is 25.4. The lowest BCUT2D eigenvalue weighted by Gasteiger charge is -2.00. The number of rotatable bonds is 1. The molecule has 0 bridgehead atoms. The van der Waals surface area contributed by atoms with Crippen LogP contribution in [0.15, 0.2) is 18.2 Å². The molecule has 0 aliphatic carbocycles. The molecular formula is C11H6BrNO2. The van der Waals surface area contributed by atoms with E-state index >= 15 is 0 Å². The van der Waals surface area contributed by atoms with Gasteiger partial charge in [-0.05, 0) is 16.5 Å². The Morgan fingerprint density at radius 3 is 2.80 bits per heavy atom. The predicted molar refractivity (Wildman–Crippen MR) is 58.6 cm³/mol. The van der Waals surface area contributed by atoms with Crippen LogP contribution in [0.5, 0.6) is 0 Å². The number of amides is 2. The summed E-state index contributed by atoms with van der Waals surface area (Å²) in [6.45, 7) is 0. The first-order chi connectivity index (χ1) is 7.24. The van der Waals surface area contributed by atoms with Gasteiger partial charge in [-0.25, -0.2) is 0 Å². The van der Waals surface area contributed by atoms with E-state index in [-0.39, 0.29) is 11.8 Å². The molecule has 3 nitrogen and oxygen atoms in total. The van der Waals surface area contributed by atoms with Crippen LogP contribution in [0.25, 0.3) is 0 Å². The maximum absolute atomic E-state index is 11.5. The highest BCUT2D eigenvalue weighted by molar-refractivity contribution is 9.12. The van der Waals surface area contributed by atoms with Gasteiger partial charge in [0.25, 0.3) is 11.8 Å². The van der Waals surface area contributed by atoms with Gasteiger partial charge in [-0.15, -0.1) is 0 Å². The first-order valence-corrected chi connectivity index (χ1v) is 5.09. The third-order valence-corrected chi connectivity index (χ3v) is 2.48. The second kappa shape index (κ2) is 3.87. The van der Waals surface area contributed by atoms with Gasteiger partial charge < -0.3 is 0 Å². The number of carbonyl (C=O) groups excluding carboxylic acids is 2. The minimum Gasteiger partial charge on any atom is -0.288 e. The molecule has 2 amide bonds. The fourth-order valence-electron chi connectivity index (χ4n) is 1.57. The maximum Gasteiger partial charge on any atom is 0.259 e. The number of nitrogens with one attached hydrogen (secondary N) is 1. The third kappa shape index (κ3) is 1.66. The van der Waals surface area contributed by atoms with E-state index in [9.17, 15) is 9.59 Å². The Kier molecular flexibility index (Phi) is 2.57. The van der Waals surface area contributed by atoms with Gasteiger partial charge in [0.15, 0.2) is 0 Å². The molecule has 1 aromatic carbocycles. The molecule has 74 valence electrons. The monoisotopic (exact) mass is 263 g/mol. The average molecular weight is 264 g/mol. The van der Waals surface area contributed by atoms with Gasteiger partial charge in [-0.2, -0.15) is 0 Å². The molecule has 0 radical (unpaired) electrons. The van der Waals surface area contributed by atoms with E-state index in [0.717, 1.165) is 5.56 Å². The Hall–Kier alpha value is -1.60. The van der Waals surface area contributed by atoms with Crippen LogP contribution in [0, 0.1) is 10.8 Å². The molecule has 4 heteroatoms. The summed E-state index contributed by atoms with van der Waals surface area (Å²) >= 11 is 2.99. The zero-order chi connectivity index (χ0) is 10.8. The van der Waals surface area contributed by atoms with Gasteiger partial charge >= 0.3 is 0 Å². The number of hydrogen-bond donors (Lipinski definition) is 1. The van der Waals surface area contributed by atoms with Crippen LogP contribution in [0.2, 0.25) is 0 Å². The minimum atomic E-state index is -0.332. The van der Waals surface area contributed by atoms with Crippen LogP contribution in [0.1, 0.15) is 26.3 Å². The number of benzene rings is 1. The van der Waals surface area contributed by atoms with Gasteiger partial charge in [-0.1, -0.05) is 18.1 Å². The molecule has 2 rings (SSSR count). The van der Waals surface area contributed by atoms with E-state index in [1.165, 1.54) is 0 Å². The summed E-state index contributed by atoms with van der Waals surface area (Å²) < 4.78 is 0. The summed E-state index contributed by atoms with van der Waals surface area (Å²) in [5.74, 6) is 2.14. The summed E-state index contributed by atoms with van der Waals surface area (Å²) in [6.07, 6.45) is 0.453. The molecule has 1 N–H and O–H groups in total. The van der Waals surface area contributed by atoms with Crippen LogP contribution >= 0.6 is 15.9 Å². The van der Waals surface area contributed by atoms with Crippen LogP contribution in [-0.4, -0.2) is 11.8 Å². The Bertz CT molecular complexity index is 511. The van der Waals surface area contributed by atoms with Gasteiger partial charge in [0.05, 0.1) is 11.1 Å². The van der Waals surface area contributed by atoms with Crippen molar-refractivity contribution >= 4 is 27.7 Å². The lowest BCUT2D eigenvalue weighted by molar-refractivity contribution is 0.0879. The lowest BCUT2D eigenvalue weighted by Crippen LogP contribution is -2.20. The molecule has 0 atom stereocenters. The average Bonchev–Trinajstić information content (AvgIpc) is 2.53. The Morgan fingerprint density at radius 2 is 2.07 bits per heavy atom. The SMILES string of the molecule is O=C1NC(=O)c2c(CC#CBr)cccc21. The molecule has 1 aliphatic rings. The lowest BCUT2D eigenvalue weighted by atomic mass is 10.0. The first-order valence-electron chi connectivity index (χ1n) is 4.30. The Balaban J connectivity index is 2.53. The van der Waals surface area contributed by atoms with E-state index in [0.29, 0.717) is 17.5 Å². The fourth-order valence-corrected chi connectivity index (χ4v) is 1.71. The second-order valence-electron chi connectivity index (χ2n) is 3.07. The first kappa shape index (κ1) is 9.94. The van der Waals surface area contributed by atoms with E-state index < -0.39 is 0 Å². The quantitative estimate of drug-likeness (QED) is 0.616. The molecule has 15 heavy (non-hydrogen) atoms. The van der Waals surface area contributed by atoms with Crippen LogP contribution in [0.4, 0.5) is 0 Å². The fraction of sp³-hybridized carbons (Fsp3) is 0.0909. The second-order valence-corrected chi connectivity index (χ2v) is 3.47. The molecule has 1 aromatic rings. The maximum atomic E-state index is 11.5. The van der Waals surface area contributed by atoms with E-state index in [1.54, 1.807) is 18.2 Å². The van der Waals surface area contributed by atoms with Crippen molar-refractivity contribution in [2.24, 2.45) is 0 Å². The molecule has 0 fully saturated rings. The van der Waals surface area contributed by atoms with Crippen molar-refractivity contribution in [3.8, 4) is 10.8 Å². The molecule has 0 spiro atoms. The molecular weight excluding hydrogens is 258 g/mol. The number of halogens is 1. The Labute approximate surface area is 95.0 Å². The number of hydrogen-bond acceptors (Lipinski definition) is 2. The zero-order valence-corrected chi connectivity index (χ0v) is 9.22. The minimum absolute atomic E-state index is 0.330. The van der Waals surface area contributed by atoms with E-state index in [2.05, 4.69) is 32.0 Å². The van der Waals surface area contributed by atoms with Crippen molar-refractivity contribution in [3.05, 3.63) is 34.9 Å². The Morgan fingerprint density at radius 1 is 1.27 bits per heavy atom. The third-order valence-electron chi connectivity index (χ3n) is 2.20. The van der Waals surface area contributed by atoms with Gasteiger partial charge in [0.1, 0.15) is 0 Å². The topological polar surface area (TPSA) is 46.2 Å². The predicted octanol–water partition coefficient (Wildman–Crippen LogP) is 1.47. The standard InChI is InChI=1S/C11H6BrNO2/c12-6-2-4-7-3-1-5-8-9(7)11(15)13-10(8)14/h1,3,5H,4H2,(H,13,14,15). The van der Waals surface area contributed by atoms with Crippen molar-refractivity contribution < 1.29 is 9.59 Å². The van der Waals surface area contributed by atoms with Crippen molar-refractivity contribution in [3.63, 3.8) is 0 Å². The normalized spacial score (nSPS) is 12.9. The number of fused-ring (bicyclic) bond motifs is 1. The van der Waals surface area contributed by atoms with E-state index in [4.69, 9.17) is 0 Å². The number of imide groups is 1. The van der Waals surface area contributed by atoms with Crippen molar-refractivity contribution in [1.29, 1.82) is 0 Å². The van der Waals surface area contributed by atoms with Gasteiger partial charge in [-0.3, -0.25) is 14.9 Å². The molecule has 0 saturated carbocycles. The highest BCUT2D eigenvalue weighted by Crippen LogP contribution is 2.20. The van der Waals surface area contributed by atoms with Crippen molar-refractivity contribution in [1.82, 2.24) is 5.32 Å². The number of carbonyl (C=O) groups is 2. The summed E-state index contributed by atoms with van der Waals surface area (Å²) in [6, 6.07) is 5.19. The molecule has 1 heterocycles. The van der Waals surface area contributed by atoms with Crippen molar-refractivity contribution in [2.75, 3.05) is 0 Å². The van der Waals surface area contributed by atoms with Crippen LogP contribution in [0.3, 0.4) is 0 Å².